The highest BCUT2D eigenvalue weighted by Gasteiger charge is 2.20. The molecule has 0 aliphatic heterocycles. The molecule has 338 valence electrons. The SMILES string of the molecule is C(#Cc1ccc(-c2ccc(C(=C(c3ccccc3)c3ccccc3)c3ccccc3)cc2)c2nsnc12)c1ccc(-c2ccc(C(=C(c3ccccc3)c3ccccc3)c3ccccc3)cc2)c2nsnc12. The molecule has 12 rings (SSSR count). The molecule has 0 aliphatic rings. The summed E-state index contributed by atoms with van der Waals surface area (Å²) in [5, 5.41) is 0. The molecule has 0 N–H and O–H groups in total. The van der Waals surface area contributed by atoms with Crippen molar-refractivity contribution >= 4 is 67.8 Å². The monoisotopic (exact) mass is 954 g/mol. The first-order valence-corrected chi connectivity index (χ1v) is 25.3. The summed E-state index contributed by atoms with van der Waals surface area (Å²) in [6.07, 6.45) is 0. The fourth-order valence-electron chi connectivity index (χ4n) is 9.62. The highest BCUT2D eigenvalue weighted by atomic mass is 32.1. The molecule has 0 bridgehead atoms. The molecule has 10 aromatic carbocycles. The van der Waals surface area contributed by atoms with E-state index in [1.165, 1.54) is 45.7 Å². The summed E-state index contributed by atoms with van der Waals surface area (Å²) in [5.74, 6) is 6.90. The third kappa shape index (κ3) is 8.76. The zero-order valence-electron chi connectivity index (χ0n) is 38.9. The zero-order valence-corrected chi connectivity index (χ0v) is 40.5. The van der Waals surface area contributed by atoms with Crippen molar-refractivity contribution in [3.63, 3.8) is 0 Å². The van der Waals surface area contributed by atoms with Crippen LogP contribution in [-0.2, 0) is 0 Å². The van der Waals surface area contributed by atoms with E-state index in [-0.39, 0.29) is 0 Å². The van der Waals surface area contributed by atoms with Crippen LogP contribution in [0.3, 0.4) is 0 Å². The van der Waals surface area contributed by atoms with Crippen molar-refractivity contribution in [1.29, 1.82) is 0 Å². The fourth-order valence-corrected chi connectivity index (χ4v) is 10.8. The molecule has 0 saturated heterocycles. The Balaban J connectivity index is 0.868. The molecular formula is C66H42N4S2. The van der Waals surface area contributed by atoms with Gasteiger partial charge in [0.2, 0.25) is 0 Å². The molecule has 0 atom stereocenters. The number of benzene rings is 10. The maximum absolute atomic E-state index is 4.81. The van der Waals surface area contributed by atoms with Gasteiger partial charge in [0, 0.05) is 11.1 Å². The van der Waals surface area contributed by atoms with Crippen molar-refractivity contribution in [1.82, 2.24) is 17.5 Å². The van der Waals surface area contributed by atoms with Gasteiger partial charge >= 0.3 is 0 Å². The van der Waals surface area contributed by atoms with Gasteiger partial charge < -0.3 is 0 Å². The number of fused-ring (bicyclic) bond motifs is 2. The van der Waals surface area contributed by atoms with Gasteiger partial charge in [-0.3, -0.25) is 0 Å². The van der Waals surface area contributed by atoms with Gasteiger partial charge in [0.15, 0.2) is 0 Å². The lowest BCUT2D eigenvalue weighted by molar-refractivity contribution is 1.50. The van der Waals surface area contributed by atoms with Gasteiger partial charge in [-0.2, -0.15) is 17.5 Å². The minimum Gasteiger partial charge on any atom is -0.172 e. The summed E-state index contributed by atoms with van der Waals surface area (Å²) >= 11 is 2.41. The van der Waals surface area contributed by atoms with Gasteiger partial charge in [-0.15, -0.1) is 0 Å². The van der Waals surface area contributed by atoms with E-state index in [2.05, 4.69) is 267 Å². The van der Waals surface area contributed by atoms with Crippen LogP contribution in [0.2, 0.25) is 0 Å². The van der Waals surface area contributed by atoms with Crippen LogP contribution in [0.15, 0.2) is 255 Å². The minimum absolute atomic E-state index is 0.783. The molecule has 0 saturated carbocycles. The Hall–Kier alpha value is -9.12. The van der Waals surface area contributed by atoms with Gasteiger partial charge in [-0.25, -0.2) is 0 Å². The zero-order chi connectivity index (χ0) is 48.1. The number of hydrogen-bond donors (Lipinski definition) is 0. The van der Waals surface area contributed by atoms with Gasteiger partial charge in [0.1, 0.15) is 22.1 Å². The number of hydrogen-bond acceptors (Lipinski definition) is 6. The standard InChI is InChI=1S/C66H42N4S2/c1-7-19-47(20-8-1)59(48-21-9-2-10-22-48)61(51-27-15-5-16-28-51)53-35-31-45(32-36-53)57-43-41-55(63-65(57)69-71-67-63)39-40-56-42-44-58(66-64(56)68-72-70-66)46-33-37-54(38-34-46)62(52-29-17-6-18-30-52)60(49-23-11-3-12-24-49)50-25-13-4-14-26-50/h1-38,41-44H. The van der Waals surface area contributed by atoms with E-state index >= 15 is 0 Å². The van der Waals surface area contributed by atoms with E-state index < -0.39 is 0 Å². The number of nitrogens with zero attached hydrogens (tertiary/aromatic N) is 4. The van der Waals surface area contributed by atoms with Crippen molar-refractivity contribution in [3.8, 4) is 34.1 Å². The third-order valence-corrected chi connectivity index (χ3v) is 14.1. The summed E-state index contributed by atoms with van der Waals surface area (Å²) in [6, 6.07) is 90.0. The molecule has 12 aromatic rings. The Morgan fingerprint density at radius 2 is 0.472 bits per heavy atom. The quantitative estimate of drug-likeness (QED) is 0.101. The van der Waals surface area contributed by atoms with Gasteiger partial charge in [-0.05, 0) is 90.1 Å². The maximum atomic E-state index is 4.81. The van der Waals surface area contributed by atoms with E-state index in [9.17, 15) is 0 Å². The Morgan fingerprint density at radius 3 is 0.736 bits per heavy atom. The first kappa shape index (κ1) is 44.1. The Morgan fingerprint density at radius 1 is 0.236 bits per heavy atom. The van der Waals surface area contributed by atoms with Crippen molar-refractivity contribution in [2.75, 3.05) is 0 Å². The summed E-state index contributed by atoms with van der Waals surface area (Å²) in [7, 11) is 0. The van der Waals surface area contributed by atoms with Crippen LogP contribution in [0.4, 0.5) is 0 Å². The second kappa shape index (κ2) is 20.1. The highest BCUT2D eigenvalue weighted by Crippen LogP contribution is 2.40. The van der Waals surface area contributed by atoms with Gasteiger partial charge in [-0.1, -0.05) is 254 Å². The average Bonchev–Trinajstić information content (AvgIpc) is 4.17. The average molecular weight is 955 g/mol. The van der Waals surface area contributed by atoms with Crippen molar-refractivity contribution in [2.45, 2.75) is 0 Å². The summed E-state index contributed by atoms with van der Waals surface area (Å²) in [5.41, 5.74) is 22.9. The molecule has 6 heteroatoms. The van der Waals surface area contributed by atoms with Crippen LogP contribution in [-0.4, -0.2) is 17.5 Å². The summed E-state index contributed by atoms with van der Waals surface area (Å²) < 4.78 is 19.2. The summed E-state index contributed by atoms with van der Waals surface area (Å²) in [4.78, 5) is 0. The summed E-state index contributed by atoms with van der Waals surface area (Å²) in [6.45, 7) is 0. The molecule has 0 spiro atoms. The molecule has 4 nitrogen and oxygen atoms in total. The molecule has 2 heterocycles. The van der Waals surface area contributed by atoms with Crippen LogP contribution in [0.5, 0.6) is 0 Å². The number of aromatic nitrogens is 4. The Bertz CT molecular complexity index is 3620. The smallest absolute Gasteiger partial charge is 0.121 e. The molecular weight excluding hydrogens is 913 g/mol. The highest BCUT2D eigenvalue weighted by molar-refractivity contribution is 7.00. The molecule has 0 unspecified atom stereocenters. The van der Waals surface area contributed by atoms with Crippen molar-refractivity contribution in [2.24, 2.45) is 0 Å². The largest absolute Gasteiger partial charge is 0.172 e. The number of rotatable bonds is 10. The van der Waals surface area contributed by atoms with Gasteiger partial charge in [0.05, 0.1) is 34.6 Å². The van der Waals surface area contributed by atoms with E-state index in [4.69, 9.17) is 17.5 Å². The van der Waals surface area contributed by atoms with E-state index in [1.807, 2.05) is 0 Å². The first-order valence-electron chi connectivity index (χ1n) is 23.8. The molecule has 0 aliphatic carbocycles. The second-order valence-electron chi connectivity index (χ2n) is 17.3. The van der Waals surface area contributed by atoms with Crippen LogP contribution >= 0.6 is 23.5 Å². The predicted octanol–water partition coefficient (Wildman–Crippen LogP) is 16.4. The fraction of sp³-hybridized carbons (Fsp3) is 0. The molecule has 0 fully saturated rings. The Labute approximate surface area is 427 Å². The van der Waals surface area contributed by atoms with Crippen LogP contribution in [0.25, 0.3) is 66.6 Å². The van der Waals surface area contributed by atoms with Crippen LogP contribution < -0.4 is 0 Å². The lowest BCUT2D eigenvalue weighted by Gasteiger charge is -2.18. The topological polar surface area (TPSA) is 51.6 Å². The lowest BCUT2D eigenvalue weighted by atomic mass is 9.85. The van der Waals surface area contributed by atoms with E-state index in [0.717, 1.165) is 100.0 Å². The van der Waals surface area contributed by atoms with Crippen LogP contribution in [0.1, 0.15) is 55.6 Å². The minimum atomic E-state index is 0.783. The van der Waals surface area contributed by atoms with E-state index in [0.29, 0.717) is 0 Å². The molecule has 72 heavy (non-hydrogen) atoms. The van der Waals surface area contributed by atoms with Gasteiger partial charge in [0.25, 0.3) is 0 Å². The normalized spacial score (nSPS) is 10.9. The molecule has 0 amide bonds. The van der Waals surface area contributed by atoms with Crippen molar-refractivity contribution < 1.29 is 0 Å². The Kier molecular flexibility index (Phi) is 12.3. The lowest BCUT2D eigenvalue weighted by Crippen LogP contribution is -1.97. The molecule has 2 aromatic heterocycles. The third-order valence-electron chi connectivity index (χ3n) is 13.0. The predicted molar refractivity (Wildman–Crippen MR) is 300 cm³/mol. The van der Waals surface area contributed by atoms with Crippen molar-refractivity contribution in [3.05, 3.63) is 310 Å². The maximum Gasteiger partial charge on any atom is 0.121 e. The second-order valence-corrected chi connectivity index (χ2v) is 18.4. The van der Waals surface area contributed by atoms with Crippen LogP contribution in [0, 0.1) is 11.8 Å². The molecule has 0 radical (unpaired) electrons. The first-order chi connectivity index (χ1) is 35.7. The van der Waals surface area contributed by atoms with E-state index in [1.54, 1.807) is 0 Å².